The minimum absolute atomic E-state index is 0.256. The highest BCUT2D eigenvalue weighted by Crippen LogP contribution is 2.14. The summed E-state index contributed by atoms with van der Waals surface area (Å²) >= 11 is 0. The molecule has 0 amide bonds. The zero-order valence-electron chi connectivity index (χ0n) is 15.4. The van der Waals surface area contributed by atoms with Gasteiger partial charge in [0.2, 0.25) is 0 Å². The molecule has 0 radical (unpaired) electrons. The maximum absolute atomic E-state index is 12.8. The first-order chi connectivity index (χ1) is 12.8. The van der Waals surface area contributed by atoms with Gasteiger partial charge in [-0.15, -0.1) is 0 Å². The Morgan fingerprint density at radius 1 is 1.19 bits per heavy atom. The molecule has 1 aliphatic heterocycles. The van der Waals surface area contributed by atoms with Gasteiger partial charge < -0.3 is 4.74 Å². The quantitative estimate of drug-likeness (QED) is 0.683. The highest BCUT2D eigenvalue weighted by Gasteiger charge is 2.21. The Hall–Kier alpha value is -1.83. The van der Waals surface area contributed by atoms with Gasteiger partial charge in [-0.05, 0) is 12.5 Å². The average molecular weight is 361 g/mol. The summed E-state index contributed by atoms with van der Waals surface area (Å²) in [5.74, 6) is 0.812. The molecule has 2 aromatic rings. The normalized spacial score (nSPS) is 16.9. The topological polar surface area (TPSA) is 46.4 Å². The molecule has 1 aromatic carbocycles. The van der Waals surface area contributed by atoms with Crippen LogP contribution in [0.4, 0.5) is 4.39 Å². The maximum atomic E-state index is 12.8. The van der Waals surface area contributed by atoms with Gasteiger partial charge in [-0.25, -0.2) is 14.1 Å². The van der Waals surface area contributed by atoms with Gasteiger partial charge >= 0.3 is 0 Å². The smallest absolute Gasteiger partial charge is 0.141 e. The Morgan fingerprint density at radius 2 is 1.96 bits per heavy atom. The van der Waals surface area contributed by atoms with E-state index in [1.807, 2.05) is 6.07 Å². The van der Waals surface area contributed by atoms with Crippen LogP contribution in [-0.2, 0) is 24.4 Å². The third-order valence-corrected chi connectivity index (χ3v) is 4.81. The lowest BCUT2D eigenvalue weighted by molar-refractivity contribution is 0.0221. The number of ether oxygens (including phenoxy) is 1. The number of aromatic nitrogens is 3. The third-order valence-electron chi connectivity index (χ3n) is 4.81. The minimum Gasteiger partial charge on any atom is -0.379 e. The lowest BCUT2D eigenvalue weighted by Crippen LogP contribution is -2.46. The van der Waals surface area contributed by atoms with E-state index in [9.17, 15) is 4.39 Å². The van der Waals surface area contributed by atoms with Crippen molar-refractivity contribution in [3.8, 4) is 0 Å². The minimum atomic E-state index is -0.432. The summed E-state index contributed by atoms with van der Waals surface area (Å²) in [5, 5.41) is 4.15. The van der Waals surface area contributed by atoms with E-state index in [0.29, 0.717) is 12.6 Å². The number of halogens is 1. The van der Waals surface area contributed by atoms with Gasteiger partial charge in [-0.2, -0.15) is 5.10 Å². The Balaban J connectivity index is 1.70. The van der Waals surface area contributed by atoms with Gasteiger partial charge in [0.1, 0.15) is 18.8 Å². The first-order valence-corrected chi connectivity index (χ1v) is 9.27. The monoisotopic (exact) mass is 361 g/mol. The lowest BCUT2D eigenvalue weighted by atomic mass is 10.1. The van der Waals surface area contributed by atoms with E-state index >= 15 is 0 Å². The highest BCUT2D eigenvalue weighted by molar-refractivity contribution is 5.14. The van der Waals surface area contributed by atoms with Crippen LogP contribution in [0.3, 0.4) is 0 Å². The van der Waals surface area contributed by atoms with Crippen LogP contribution in [0.1, 0.15) is 18.3 Å². The molecule has 0 spiro atoms. The largest absolute Gasteiger partial charge is 0.379 e. The second-order valence-corrected chi connectivity index (χ2v) is 6.74. The molecule has 26 heavy (non-hydrogen) atoms. The second-order valence-electron chi connectivity index (χ2n) is 6.74. The SMILES string of the molecule is C[C@@H](CN1CCOCC1)N(Cc1ccccc1)Cc1ncnn1CCF. The van der Waals surface area contributed by atoms with Crippen LogP contribution < -0.4 is 0 Å². The molecular formula is C19H28FN5O. The van der Waals surface area contributed by atoms with Gasteiger partial charge in [-0.3, -0.25) is 9.80 Å². The molecule has 1 fully saturated rings. The summed E-state index contributed by atoms with van der Waals surface area (Å²) in [4.78, 5) is 9.19. The van der Waals surface area contributed by atoms with Gasteiger partial charge in [0.25, 0.3) is 0 Å². The predicted molar refractivity (Wildman–Crippen MR) is 98.4 cm³/mol. The summed E-state index contributed by atoms with van der Waals surface area (Å²) in [7, 11) is 0. The van der Waals surface area contributed by atoms with Gasteiger partial charge in [0, 0.05) is 32.2 Å². The van der Waals surface area contributed by atoms with Crippen molar-refractivity contribution in [3.05, 3.63) is 48.0 Å². The van der Waals surface area contributed by atoms with Crippen molar-refractivity contribution in [3.63, 3.8) is 0 Å². The molecule has 1 aliphatic rings. The van der Waals surface area contributed by atoms with E-state index in [4.69, 9.17) is 4.74 Å². The molecule has 0 unspecified atom stereocenters. The molecule has 1 atom stereocenters. The van der Waals surface area contributed by atoms with E-state index in [1.54, 1.807) is 4.68 Å². The first-order valence-electron chi connectivity index (χ1n) is 9.27. The van der Waals surface area contributed by atoms with E-state index in [-0.39, 0.29) is 6.54 Å². The van der Waals surface area contributed by atoms with E-state index in [0.717, 1.165) is 45.2 Å². The number of aryl methyl sites for hydroxylation is 1. The molecule has 0 bridgehead atoms. The Morgan fingerprint density at radius 3 is 2.69 bits per heavy atom. The molecular weight excluding hydrogens is 333 g/mol. The van der Waals surface area contributed by atoms with Crippen molar-refractivity contribution in [1.29, 1.82) is 0 Å². The third kappa shape index (κ3) is 5.33. The van der Waals surface area contributed by atoms with Crippen molar-refractivity contribution >= 4 is 0 Å². The van der Waals surface area contributed by atoms with Crippen LogP contribution in [0, 0.1) is 0 Å². The Labute approximate surface area is 154 Å². The van der Waals surface area contributed by atoms with E-state index < -0.39 is 6.67 Å². The lowest BCUT2D eigenvalue weighted by Gasteiger charge is -2.35. The summed E-state index contributed by atoms with van der Waals surface area (Å²) in [6.45, 7) is 8.08. The molecule has 0 aliphatic carbocycles. The fourth-order valence-corrected chi connectivity index (χ4v) is 3.32. The number of alkyl halides is 1. The standard InChI is InChI=1S/C19H28FN5O/c1-17(13-23-9-11-26-12-10-23)24(14-18-5-3-2-4-6-18)15-19-21-16-22-25(19)8-7-20/h2-6,16-17H,7-15H2,1H3/t17-/m0/s1. The van der Waals surface area contributed by atoms with Crippen molar-refractivity contribution < 1.29 is 9.13 Å². The zero-order chi connectivity index (χ0) is 18.2. The fourth-order valence-electron chi connectivity index (χ4n) is 3.32. The van der Waals surface area contributed by atoms with Crippen LogP contribution in [0.25, 0.3) is 0 Å². The number of benzene rings is 1. The van der Waals surface area contributed by atoms with Crippen LogP contribution in [-0.4, -0.2) is 70.1 Å². The molecule has 0 saturated carbocycles. The van der Waals surface area contributed by atoms with E-state index in [1.165, 1.54) is 11.9 Å². The summed E-state index contributed by atoms with van der Waals surface area (Å²) < 4.78 is 19.9. The molecule has 1 saturated heterocycles. The maximum Gasteiger partial charge on any atom is 0.141 e. The number of hydrogen-bond acceptors (Lipinski definition) is 5. The predicted octanol–water partition coefficient (Wildman–Crippen LogP) is 1.97. The number of hydrogen-bond donors (Lipinski definition) is 0. The van der Waals surface area contributed by atoms with Crippen molar-refractivity contribution in [1.82, 2.24) is 24.6 Å². The zero-order valence-corrected chi connectivity index (χ0v) is 15.4. The summed E-state index contributed by atoms with van der Waals surface area (Å²) in [5.41, 5.74) is 1.26. The van der Waals surface area contributed by atoms with Crippen molar-refractivity contribution in [2.75, 3.05) is 39.5 Å². The summed E-state index contributed by atoms with van der Waals surface area (Å²) in [6.07, 6.45) is 1.51. The van der Waals surface area contributed by atoms with Crippen LogP contribution in [0.5, 0.6) is 0 Å². The molecule has 0 N–H and O–H groups in total. The molecule has 7 heteroatoms. The Bertz CT molecular complexity index is 644. The number of rotatable bonds is 9. The average Bonchev–Trinajstić information content (AvgIpc) is 3.10. The van der Waals surface area contributed by atoms with Gasteiger partial charge in [-0.1, -0.05) is 30.3 Å². The van der Waals surface area contributed by atoms with Gasteiger partial charge in [0.15, 0.2) is 0 Å². The number of nitrogens with zero attached hydrogens (tertiary/aromatic N) is 5. The first kappa shape index (κ1) is 18.9. The van der Waals surface area contributed by atoms with E-state index in [2.05, 4.69) is 51.1 Å². The van der Waals surface area contributed by atoms with Crippen molar-refractivity contribution in [2.45, 2.75) is 32.6 Å². The fraction of sp³-hybridized carbons (Fsp3) is 0.579. The molecule has 6 nitrogen and oxygen atoms in total. The van der Waals surface area contributed by atoms with Crippen LogP contribution >= 0.6 is 0 Å². The number of morpholine rings is 1. The summed E-state index contributed by atoms with van der Waals surface area (Å²) in [6, 6.07) is 10.8. The molecule has 2 heterocycles. The molecule has 1 aromatic heterocycles. The molecule has 3 rings (SSSR count). The van der Waals surface area contributed by atoms with Gasteiger partial charge in [0.05, 0.1) is 26.3 Å². The molecule has 142 valence electrons. The Kier molecular flexibility index (Phi) is 7.11. The van der Waals surface area contributed by atoms with Crippen LogP contribution in [0.15, 0.2) is 36.7 Å². The highest BCUT2D eigenvalue weighted by atomic mass is 19.1. The van der Waals surface area contributed by atoms with Crippen LogP contribution in [0.2, 0.25) is 0 Å². The van der Waals surface area contributed by atoms with Crippen molar-refractivity contribution in [2.24, 2.45) is 0 Å². The second kappa shape index (κ2) is 9.75.